The SMILES string of the molecule is O=C1ONC(c2ccccc2)=NC1c1ccccc1. The number of carbonyl (C=O) groups is 1. The molecule has 94 valence electrons. The largest absolute Gasteiger partial charge is 0.360 e. The fourth-order valence-corrected chi connectivity index (χ4v) is 1.94. The maximum atomic E-state index is 11.8. The van der Waals surface area contributed by atoms with Crippen molar-refractivity contribution in [3.05, 3.63) is 71.8 Å². The fourth-order valence-electron chi connectivity index (χ4n) is 1.94. The van der Waals surface area contributed by atoms with Crippen LogP contribution in [0.1, 0.15) is 17.2 Å². The maximum Gasteiger partial charge on any atom is 0.360 e. The van der Waals surface area contributed by atoms with E-state index in [1.807, 2.05) is 60.7 Å². The number of nitrogens with zero attached hydrogens (tertiary/aromatic N) is 1. The van der Waals surface area contributed by atoms with Gasteiger partial charge in [0.15, 0.2) is 11.9 Å². The van der Waals surface area contributed by atoms with Crippen LogP contribution in [-0.2, 0) is 9.63 Å². The molecule has 1 N–H and O–H groups in total. The van der Waals surface area contributed by atoms with Crippen molar-refractivity contribution in [3.63, 3.8) is 0 Å². The molecule has 0 radical (unpaired) electrons. The average Bonchev–Trinajstić information content (AvgIpc) is 2.49. The van der Waals surface area contributed by atoms with Crippen LogP contribution in [0.5, 0.6) is 0 Å². The van der Waals surface area contributed by atoms with Crippen molar-refractivity contribution in [3.8, 4) is 0 Å². The lowest BCUT2D eigenvalue weighted by molar-refractivity contribution is -0.150. The zero-order valence-corrected chi connectivity index (χ0v) is 10.1. The van der Waals surface area contributed by atoms with Crippen molar-refractivity contribution in [2.24, 2.45) is 4.99 Å². The van der Waals surface area contributed by atoms with Crippen LogP contribution >= 0.6 is 0 Å². The molecule has 1 unspecified atom stereocenters. The van der Waals surface area contributed by atoms with Crippen molar-refractivity contribution in [2.45, 2.75) is 6.04 Å². The van der Waals surface area contributed by atoms with E-state index in [0.717, 1.165) is 11.1 Å². The molecule has 0 saturated heterocycles. The normalized spacial score (nSPS) is 18.2. The molecular formula is C15H12N2O2. The van der Waals surface area contributed by atoms with Gasteiger partial charge in [-0.15, -0.1) is 0 Å². The molecule has 4 heteroatoms. The Morgan fingerprint density at radius 2 is 1.58 bits per heavy atom. The molecule has 0 saturated carbocycles. The third-order valence-corrected chi connectivity index (χ3v) is 2.89. The standard InChI is InChI=1S/C15H12N2O2/c18-15-13(11-7-3-1-4-8-11)16-14(17-19-15)12-9-5-2-6-10-12/h1-10,13H,(H,16,17). The second kappa shape index (κ2) is 4.94. The van der Waals surface area contributed by atoms with Crippen LogP contribution in [0, 0.1) is 0 Å². The van der Waals surface area contributed by atoms with Gasteiger partial charge in [-0.25, -0.2) is 15.3 Å². The Balaban J connectivity index is 1.98. The Bertz CT molecular complexity index is 609. The maximum absolute atomic E-state index is 11.8. The number of hydrogen-bond donors (Lipinski definition) is 1. The Morgan fingerprint density at radius 3 is 2.26 bits per heavy atom. The van der Waals surface area contributed by atoms with Gasteiger partial charge >= 0.3 is 5.97 Å². The summed E-state index contributed by atoms with van der Waals surface area (Å²) in [6, 6.07) is 18.3. The monoisotopic (exact) mass is 252 g/mol. The Labute approximate surface area is 110 Å². The summed E-state index contributed by atoms with van der Waals surface area (Å²) < 4.78 is 0. The van der Waals surface area contributed by atoms with Gasteiger partial charge in [0.05, 0.1) is 0 Å². The average molecular weight is 252 g/mol. The van der Waals surface area contributed by atoms with E-state index in [1.54, 1.807) is 0 Å². The van der Waals surface area contributed by atoms with Crippen LogP contribution in [-0.4, -0.2) is 11.8 Å². The highest BCUT2D eigenvalue weighted by atomic mass is 16.7. The number of aliphatic imine (C=N–C) groups is 1. The topological polar surface area (TPSA) is 50.7 Å². The van der Waals surface area contributed by atoms with Crippen LogP contribution in [0.3, 0.4) is 0 Å². The van der Waals surface area contributed by atoms with Gasteiger partial charge in [-0.3, -0.25) is 0 Å². The van der Waals surface area contributed by atoms with Crippen molar-refractivity contribution in [1.82, 2.24) is 5.48 Å². The van der Waals surface area contributed by atoms with E-state index in [0.29, 0.717) is 5.84 Å². The van der Waals surface area contributed by atoms with E-state index in [-0.39, 0.29) is 0 Å². The van der Waals surface area contributed by atoms with E-state index in [2.05, 4.69) is 10.5 Å². The smallest absolute Gasteiger partial charge is 0.339 e. The van der Waals surface area contributed by atoms with Gasteiger partial charge in [0.25, 0.3) is 0 Å². The molecule has 2 aromatic carbocycles. The molecule has 1 atom stereocenters. The fraction of sp³-hybridized carbons (Fsp3) is 0.0667. The summed E-state index contributed by atoms with van der Waals surface area (Å²) in [4.78, 5) is 21.2. The van der Waals surface area contributed by atoms with Crippen molar-refractivity contribution >= 4 is 11.8 Å². The lowest BCUT2D eigenvalue weighted by Gasteiger charge is -2.20. The van der Waals surface area contributed by atoms with Crippen LogP contribution < -0.4 is 5.48 Å². The Morgan fingerprint density at radius 1 is 0.947 bits per heavy atom. The molecular weight excluding hydrogens is 240 g/mol. The quantitative estimate of drug-likeness (QED) is 0.891. The number of hydroxylamine groups is 1. The summed E-state index contributed by atoms with van der Waals surface area (Å²) in [6.07, 6.45) is 0. The second-order valence-corrected chi connectivity index (χ2v) is 4.18. The summed E-state index contributed by atoms with van der Waals surface area (Å²) in [6.45, 7) is 0. The van der Waals surface area contributed by atoms with Crippen LogP contribution in [0.2, 0.25) is 0 Å². The molecule has 0 aromatic heterocycles. The van der Waals surface area contributed by atoms with E-state index in [9.17, 15) is 4.79 Å². The number of rotatable bonds is 2. The minimum atomic E-state index is -0.613. The third kappa shape index (κ3) is 2.33. The summed E-state index contributed by atoms with van der Waals surface area (Å²) in [5.74, 6) is 0.167. The molecule has 4 nitrogen and oxygen atoms in total. The minimum Gasteiger partial charge on any atom is -0.339 e. The number of amidine groups is 1. The van der Waals surface area contributed by atoms with Gasteiger partial charge in [0.2, 0.25) is 0 Å². The first kappa shape index (κ1) is 11.5. The van der Waals surface area contributed by atoms with Gasteiger partial charge in [-0.1, -0.05) is 60.7 Å². The highest BCUT2D eigenvalue weighted by molar-refractivity contribution is 6.01. The first-order chi connectivity index (χ1) is 9.34. The molecule has 0 amide bonds. The van der Waals surface area contributed by atoms with Crippen molar-refractivity contribution < 1.29 is 9.63 Å². The van der Waals surface area contributed by atoms with E-state index in [1.165, 1.54) is 0 Å². The first-order valence-electron chi connectivity index (χ1n) is 5.99. The van der Waals surface area contributed by atoms with Gasteiger partial charge in [0.1, 0.15) is 0 Å². The second-order valence-electron chi connectivity index (χ2n) is 4.18. The Hall–Kier alpha value is -2.62. The number of carbonyl (C=O) groups excluding carboxylic acids is 1. The van der Waals surface area contributed by atoms with Crippen LogP contribution in [0.25, 0.3) is 0 Å². The lowest BCUT2D eigenvalue weighted by atomic mass is 10.1. The number of hydrogen-bond acceptors (Lipinski definition) is 4. The first-order valence-corrected chi connectivity index (χ1v) is 5.99. The Kier molecular flexibility index (Phi) is 2.98. The van der Waals surface area contributed by atoms with Crippen molar-refractivity contribution in [1.29, 1.82) is 0 Å². The third-order valence-electron chi connectivity index (χ3n) is 2.89. The number of benzene rings is 2. The summed E-state index contributed by atoms with van der Waals surface area (Å²) >= 11 is 0. The summed E-state index contributed by atoms with van der Waals surface area (Å²) in [7, 11) is 0. The molecule has 1 heterocycles. The van der Waals surface area contributed by atoms with E-state index < -0.39 is 12.0 Å². The molecule has 1 aliphatic rings. The van der Waals surface area contributed by atoms with Gasteiger partial charge in [-0.05, 0) is 5.56 Å². The highest BCUT2D eigenvalue weighted by Crippen LogP contribution is 2.22. The molecule has 0 fully saturated rings. The predicted octanol–water partition coefficient (Wildman–Crippen LogP) is 2.24. The van der Waals surface area contributed by atoms with Crippen molar-refractivity contribution in [2.75, 3.05) is 0 Å². The van der Waals surface area contributed by atoms with Gasteiger partial charge in [0, 0.05) is 5.56 Å². The molecule has 2 aromatic rings. The summed E-state index contributed by atoms with van der Waals surface area (Å²) in [5.41, 5.74) is 4.29. The van der Waals surface area contributed by atoms with E-state index >= 15 is 0 Å². The van der Waals surface area contributed by atoms with Gasteiger partial charge < -0.3 is 4.84 Å². The predicted molar refractivity (Wildman–Crippen MR) is 71.4 cm³/mol. The van der Waals surface area contributed by atoms with E-state index in [4.69, 9.17) is 4.84 Å². The van der Waals surface area contributed by atoms with Gasteiger partial charge in [-0.2, -0.15) is 0 Å². The molecule has 1 aliphatic heterocycles. The zero-order chi connectivity index (χ0) is 13.1. The molecule has 3 rings (SSSR count). The minimum absolute atomic E-state index is 0.397. The zero-order valence-electron chi connectivity index (χ0n) is 10.1. The van der Waals surface area contributed by atoms with Crippen LogP contribution in [0.4, 0.5) is 0 Å². The molecule has 19 heavy (non-hydrogen) atoms. The number of nitrogens with one attached hydrogen (secondary N) is 1. The molecule has 0 spiro atoms. The lowest BCUT2D eigenvalue weighted by Crippen LogP contribution is -2.36. The van der Waals surface area contributed by atoms with Crippen LogP contribution in [0.15, 0.2) is 65.7 Å². The summed E-state index contributed by atoms with van der Waals surface area (Å²) in [5, 5.41) is 0. The highest BCUT2D eigenvalue weighted by Gasteiger charge is 2.27. The molecule has 0 aliphatic carbocycles. The molecule has 0 bridgehead atoms.